The Hall–Kier alpha value is -0.0400. The number of nitrogens with one attached hydrogen (secondary N) is 1. The highest BCUT2D eigenvalue weighted by atomic mass is 14.9. The summed E-state index contributed by atoms with van der Waals surface area (Å²) in [6.07, 6.45) is 13.5. The Kier molecular flexibility index (Phi) is 6.87. The summed E-state index contributed by atoms with van der Waals surface area (Å²) >= 11 is 0. The van der Waals surface area contributed by atoms with Crippen LogP contribution >= 0.6 is 0 Å². The van der Waals surface area contributed by atoms with Crippen molar-refractivity contribution in [3.05, 3.63) is 0 Å². The second-order valence-electron chi connectivity index (χ2n) is 7.95. The van der Waals surface area contributed by atoms with Crippen LogP contribution in [0.1, 0.15) is 78.6 Å². The molecule has 2 unspecified atom stereocenters. The Bertz CT molecular complexity index is 252. The van der Waals surface area contributed by atoms with E-state index in [2.05, 4.69) is 26.1 Å². The quantitative estimate of drug-likeness (QED) is 0.700. The van der Waals surface area contributed by atoms with Gasteiger partial charge in [-0.1, -0.05) is 52.9 Å². The van der Waals surface area contributed by atoms with Gasteiger partial charge in [-0.3, -0.25) is 0 Å². The highest BCUT2D eigenvalue weighted by molar-refractivity contribution is 4.85. The molecular formula is C19H37N. The van der Waals surface area contributed by atoms with Gasteiger partial charge in [-0.05, 0) is 68.4 Å². The van der Waals surface area contributed by atoms with Crippen molar-refractivity contribution in [1.29, 1.82) is 0 Å². The minimum absolute atomic E-state index is 0.789. The van der Waals surface area contributed by atoms with E-state index in [9.17, 15) is 0 Å². The van der Waals surface area contributed by atoms with Crippen LogP contribution in [0.3, 0.4) is 0 Å². The van der Waals surface area contributed by atoms with Crippen LogP contribution in [0.4, 0.5) is 0 Å². The molecule has 2 aliphatic carbocycles. The predicted molar refractivity (Wildman–Crippen MR) is 88.9 cm³/mol. The molecule has 2 aliphatic rings. The smallest absolute Gasteiger partial charge is 0.00177 e. The molecule has 0 bridgehead atoms. The third-order valence-corrected chi connectivity index (χ3v) is 6.00. The maximum absolute atomic E-state index is 3.74. The lowest BCUT2D eigenvalue weighted by atomic mass is 9.66. The second-order valence-corrected chi connectivity index (χ2v) is 7.95. The summed E-state index contributed by atoms with van der Waals surface area (Å²) in [6, 6.07) is 0. The van der Waals surface area contributed by atoms with Crippen molar-refractivity contribution in [1.82, 2.24) is 5.32 Å². The van der Waals surface area contributed by atoms with Gasteiger partial charge in [-0.15, -0.1) is 0 Å². The zero-order valence-electron chi connectivity index (χ0n) is 14.2. The molecule has 0 amide bonds. The first-order chi connectivity index (χ1) is 9.70. The highest BCUT2D eigenvalue weighted by Gasteiger charge is 2.33. The number of hydrogen-bond acceptors (Lipinski definition) is 1. The van der Waals surface area contributed by atoms with Crippen LogP contribution in [0.5, 0.6) is 0 Å². The SMILES string of the molecule is CCC1CCC(C2CCCCC2CNCC(C)C)CC1. The van der Waals surface area contributed by atoms with Gasteiger partial charge in [0, 0.05) is 0 Å². The summed E-state index contributed by atoms with van der Waals surface area (Å²) in [6.45, 7) is 9.50. The average molecular weight is 280 g/mol. The van der Waals surface area contributed by atoms with Gasteiger partial charge >= 0.3 is 0 Å². The maximum Gasteiger partial charge on any atom is -0.00177 e. The van der Waals surface area contributed by atoms with Crippen LogP contribution in [0.15, 0.2) is 0 Å². The molecule has 1 heteroatoms. The van der Waals surface area contributed by atoms with Gasteiger partial charge in [0.15, 0.2) is 0 Å². The van der Waals surface area contributed by atoms with Crippen LogP contribution in [-0.4, -0.2) is 13.1 Å². The molecule has 0 aromatic heterocycles. The van der Waals surface area contributed by atoms with E-state index in [0.29, 0.717) is 0 Å². The van der Waals surface area contributed by atoms with E-state index in [1.54, 1.807) is 0 Å². The minimum atomic E-state index is 0.789. The Morgan fingerprint density at radius 1 is 0.950 bits per heavy atom. The van der Waals surface area contributed by atoms with Gasteiger partial charge in [0.2, 0.25) is 0 Å². The van der Waals surface area contributed by atoms with E-state index < -0.39 is 0 Å². The van der Waals surface area contributed by atoms with Gasteiger partial charge in [-0.25, -0.2) is 0 Å². The van der Waals surface area contributed by atoms with Gasteiger partial charge in [0.05, 0.1) is 0 Å². The van der Waals surface area contributed by atoms with E-state index in [0.717, 1.165) is 29.6 Å². The zero-order chi connectivity index (χ0) is 14.4. The van der Waals surface area contributed by atoms with E-state index in [1.165, 1.54) is 70.9 Å². The molecule has 2 rings (SSSR count). The van der Waals surface area contributed by atoms with Gasteiger partial charge in [0.1, 0.15) is 0 Å². The van der Waals surface area contributed by atoms with Crippen LogP contribution in [0.25, 0.3) is 0 Å². The predicted octanol–water partition coefficient (Wildman–Crippen LogP) is 5.25. The van der Waals surface area contributed by atoms with Crippen molar-refractivity contribution in [2.24, 2.45) is 29.6 Å². The lowest BCUT2D eigenvalue weighted by Crippen LogP contribution is -2.36. The molecule has 1 N–H and O–H groups in total. The molecule has 0 radical (unpaired) electrons. The number of rotatable bonds is 6. The Labute approximate surface area is 127 Å². The van der Waals surface area contributed by atoms with Crippen molar-refractivity contribution in [3.8, 4) is 0 Å². The van der Waals surface area contributed by atoms with E-state index in [1.807, 2.05) is 0 Å². The van der Waals surface area contributed by atoms with Crippen LogP contribution in [-0.2, 0) is 0 Å². The van der Waals surface area contributed by atoms with Crippen molar-refractivity contribution in [2.45, 2.75) is 78.6 Å². The largest absolute Gasteiger partial charge is 0.316 e. The lowest BCUT2D eigenvalue weighted by Gasteiger charge is -2.40. The molecule has 0 saturated heterocycles. The Balaban J connectivity index is 1.80. The summed E-state index contributed by atoms with van der Waals surface area (Å²) in [5.74, 6) is 4.92. The Morgan fingerprint density at radius 3 is 2.30 bits per heavy atom. The van der Waals surface area contributed by atoms with Gasteiger partial charge in [-0.2, -0.15) is 0 Å². The molecule has 0 aromatic carbocycles. The maximum atomic E-state index is 3.74. The fourth-order valence-electron chi connectivity index (χ4n) is 4.69. The molecule has 118 valence electrons. The first-order valence-corrected chi connectivity index (χ1v) is 9.41. The van der Waals surface area contributed by atoms with Gasteiger partial charge in [0.25, 0.3) is 0 Å². The third kappa shape index (κ3) is 4.76. The fraction of sp³-hybridized carbons (Fsp3) is 1.00. The van der Waals surface area contributed by atoms with E-state index in [-0.39, 0.29) is 0 Å². The molecule has 0 aliphatic heterocycles. The van der Waals surface area contributed by atoms with Crippen molar-refractivity contribution in [2.75, 3.05) is 13.1 Å². The van der Waals surface area contributed by atoms with E-state index >= 15 is 0 Å². The van der Waals surface area contributed by atoms with Crippen LogP contribution in [0, 0.1) is 29.6 Å². The van der Waals surface area contributed by atoms with Crippen molar-refractivity contribution < 1.29 is 0 Å². The lowest BCUT2D eigenvalue weighted by molar-refractivity contribution is 0.110. The van der Waals surface area contributed by atoms with Crippen molar-refractivity contribution >= 4 is 0 Å². The highest BCUT2D eigenvalue weighted by Crippen LogP contribution is 2.43. The Morgan fingerprint density at radius 2 is 1.65 bits per heavy atom. The van der Waals surface area contributed by atoms with Crippen LogP contribution in [0.2, 0.25) is 0 Å². The van der Waals surface area contributed by atoms with Crippen molar-refractivity contribution in [3.63, 3.8) is 0 Å². The minimum Gasteiger partial charge on any atom is -0.316 e. The first kappa shape index (κ1) is 16.3. The second kappa shape index (κ2) is 8.41. The summed E-state index contributed by atoms with van der Waals surface area (Å²) < 4.78 is 0. The molecule has 0 heterocycles. The average Bonchev–Trinajstić information content (AvgIpc) is 2.47. The zero-order valence-corrected chi connectivity index (χ0v) is 14.2. The first-order valence-electron chi connectivity index (χ1n) is 9.41. The topological polar surface area (TPSA) is 12.0 Å². The molecule has 20 heavy (non-hydrogen) atoms. The summed E-state index contributed by atoms with van der Waals surface area (Å²) in [5, 5.41) is 3.74. The fourth-order valence-corrected chi connectivity index (χ4v) is 4.69. The molecule has 0 spiro atoms. The summed E-state index contributed by atoms with van der Waals surface area (Å²) in [4.78, 5) is 0. The van der Waals surface area contributed by atoms with Gasteiger partial charge < -0.3 is 5.32 Å². The van der Waals surface area contributed by atoms with Crippen LogP contribution < -0.4 is 5.32 Å². The normalized spacial score (nSPS) is 35.4. The number of hydrogen-bond donors (Lipinski definition) is 1. The summed E-state index contributed by atoms with van der Waals surface area (Å²) in [5.41, 5.74) is 0. The summed E-state index contributed by atoms with van der Waals surface area (Å²) in [7, 11) is 0. The molecule has 2 fully saturated rings. The monoisotopic (exact) mass is 279 g/mol. The third-order valence-electron chi connectivity index (χ3n) is 6.00. The standard InChI is InChI=1S/C19H37N/c1-4-16-9-11-17(12-10-16)19-8-6-5-7-18(19)14-20-13-15(2)3/h15-20H,4-14H2,1-3H3. The van der Waals surface area contributed by atoms with E-state index in [4.69, 9.17) is 0 Å². The molecular weight excluding hydrogens is 242 g/mol. The molecule has 1 nitrogen and oxygen atoms in total. The molecule has 0 aromatic rings. The molecule has 2 atom stereocenters. The molecule has 2 saturated carbocycles.